The van der Waals surface area contributed by atoms with E-state index < -0.39 is 52.5 Å². The second kappa shape index (κ2) is 6.49. The Kier molecular flexibility index (Phi) is 5.01. The maximum atomic E-state index is 14.1. The number of aliphatic hydroxyl groups excluding tert-OH is 2. The van der Waals surface area contributed by atoms with Gasteiger partial charge in [0, 0.05) is 6.20 Å². The molecular weight excluding hydrogens is 327 g/mol. The zero-order chi connectivity index (χ0) is 17.4. The van der Waals surface area contributed by atoms with E-state index in [1.54, 1.807) is 0 Å². The summed E-state index contributed by atoms with van der Waals surface area (Å²) in [5, 5.41) is 21.6. The van der Waals surface area contributed by atoms with Gasteiger partial charge >= 0.3 is 5.69 Å². The largest absolute Gasteiger partial charge is 0.394 e. The van der Waals surface area contributed by atoms with Gasteiger partial charge in [-0.05, 0) is 29.9 Å². The average molecular weight is 346 g/mol. The smallest absolute Gasteiger partial charge is 0.330 e. The quantitative estimate of drug-likeness (QED) is 0.604. The van der Waals surface area contributed by atoms with Crippen LogP contribution in [0.5, 0.6) is 0 Å². The molecular formula is C14H19FN2O5S. The SMILES string of the molecule is CS(C)(C)C#Cc1cn(C2OC(CO)C(O)C2F)c(=O)[nH]c1=O. The summed E-state index contributed by atoms with van der Waals surface area (Å²) in [7, 11) is -1.19. The van der Waals surface area contributed by atoms with E-state index in [4.69, 9.17) is 9.84 Å². The highest BCUT2D eigenvalue weighted by molar-refractivity contribution is 8.35. The molecule has 4 unspecified atom stereocenters. The minimum absolute atomic E-state index is 0.00441. The molecule has 128 valence electrons. The fourth-order valence-electron chi connectivity index (χ4n) is 2.05. The molecule has 7 nitrogen and oxygen atoms in total. The van der Waals surface area contributed by atoms with Crippen molar-refractivity contribution in [3.05, 3.63) is 32.6 Å². The van der Waals surface area contributed by atoms with Crippen molar-refractivity contribution in [2.75, 3.05) is 25.4 Å². The van der Waals surface area contributed by atoms with E-state index in [1.807, 2.05) is 18.8 Å². The molecule has 23 heavy (non-hydrogen) atoms. The van der Waals surface area contributed by atoms with Crippen molar-refractivity contribution >= 4 is 10.0 Å². The van der Waals surface area contributed by atoms with Gasteiger partial charge < -0.3 is 14.9 Å². The van der Waals surface area contributed by atoms with Crippen LogP contribution in [0.3, 0.4) is 0 Å². The highest BCUT2D eigenvalue weighted by atomic mass is 32.3. The van der Waals surface area contributed by atoms with Crippen LogP contribution in [0.25, 0.3) is 0 Å². The lowest BCUT2D eigenvalue weighted by Crippen LogP contribution is -2.37. The van der Waals surface area contributed by atoms with Gasteiger partial charge in [0.15, 0.2) is 12.4 Å². The number of aliphatic hydroxyl groups is 2. The first-order chi connectivity index (χ1) is 10.6. The summed E-state index contributed by atoms with van der Waals surface area (Å²) in [5.74, 6) is 2.69. The molecule has 1 aromatic heterocycles. The van der Waals surface area contributed by atoms with Gasteiger partial charge in [-0.25, -0.2) is 9.18 Å². The molecule has 1 aromatic rings. The Morgan fingerprint density at radius 2 is 2.09 bits per heavy atom. The summed E-state index contributed by atoms with van der Waals surface area (Å²) in [6.45, 7) is -0.587. The summed E-state index contributed by atoms with van der Waals surface area (Å²) < 4.78 is 20.1. The van der Waals surface area contributed by atoms with E-state index in [2.05, 4.69) is 16.2 Å². The molecule has 0 radical (unpaired) electrons. The molecule has 0 bridgehead atoms. The number of rotatable bonds is 2. The Morgan fingerprint density at radius 1 is 1.43 bits per heavy atom. The van der Waals surface area contributed by atoms with Crippen LogP contribution >= 0.6 is 10.0 Å². The van der Waals surface area contributed by atoms with Gasteiger partial charge in [0.1, 0.15) is 17.8 Å². The fourth-order valence-corrected chi connectivity index (χ4v) is 2.47. The minimum atomic E-state index is -1.91. The van der Waals surface area contributed by atoms with Gasteiger partial charge in [0.25, 0.3) is 5.56 Å². The molecule has 1 saturated heterocycles. The molecule has 1 fully saturated rings. The van der Waals surface area contributed by atoms with Crippen molar-refractivity contribution < 1.29 is 19.3 Å². The maximum absolute atomic E-state index is 14.1. The topological polar surface area (TPSA) is 105 Å². The van der Waals surface area contributed by atoms with Crippen LogP contribution < -0.4 is 11.2 Å². The zero-order valence-corrected chi connectivity index (χ0v) is 13.8. The van der Waals surface area contributed by atoms with Crippen molar-refractivity contribution in [3.63, 3.8) is 0 Å². The molecule has 4 atom stereocenters. The summed E-state index contributed by atoms with van der Waals surface area (Å²) in [6.07, 6.45) is 0.875. The van der Waals surface area contributed by atoms with Gasteiger partial charge in [-0.2, -0.15) is 10.0 Å². The summed E-state index contributed by atoms with van der Waals surface area (Å²) >= 11 is 0. The third kappa shape index (κ3) is 3.84. The first-order valence-corrected chi connectivity index (χ1v) is 9.65. The lowest BCUT2D eigenvalue weighted by atomic mass is 10.1. The van der Waals surface area contributed by atoms with Gasteiger partial charge in [-0.1, -0.05) is 0 Å². The highest BCUT2D eigenvalue weighted by Crippen LogP contribution is 2.32. The highest BCUT2D eigenvalue weighted by Gasteiger charge is 2.45. The first kappa shape index (κ1) is 17.7. The molecule has 0 saturated carbocycles. The molecule has 2 rings (SSSR count). The predicted octanol–water partition coefficient (Wildman–Crippen LogP) is -0.872. The Hall–Kier alpha value is -1.60. The fraction of sp³-hybridized carbons (Fsp3) is 0.571. The number of aromatic amines is 1. The number of hydrogen-bond donors (Lipinski definition) is 3. The van der Waals surface area contributed by atoms with E-state index in [9.17, 15) is 19.1 Å². The number of H-pyrrole nitrogens is 1. The molecule has 2 heterocycles. The second-order valence-corrected chi connectivity index (χ2v) is 9.83. The number of hydrogen-bond acceptors (Lipinski definition) is 5. The summed E-state index contributed by atoms with van der Waals surface area (Å²) in [5.41, 5.74) is -1.54. The molecule has 9 heteroatoms. The number of halogens is 1. The third-order valence-corrected chi connectivity index (χ3v) is 3.92. The zero-order valence-electron chi connectivity index (χ0n) is 12.9. The monoisotopic (exact) mass is 346 g/mol. The van der Waals surface area contributed by atoms with Crippen LogP contribution in [0.15, 0.2) is 15.8 Å². The van der Waals surface area contributed by atoms with Gasteiger partial charge in [0.05, 0.1) is 6.61 Å². The second-order valence-electron chi connectivity index (χ2n) is 5.96. The van der Waals surface area contributed by atoms with E-state index >= 15 is 0 Å². The van der Waals surface area contributed by atoms with Gasteiger partial charge in [-0.15, -0.1) is 0 Å². The standard InChI is InChI=1S/C14H19FN2O5S/c1-23(2,3)5-4-8-6-17(14(21)16-12(8)20)13-10(15)11(19)9(7-18)22-13/h6,9-11,13,18-19H,7H2,1-3H3,(H,16,20,21). The number of alkyl halides is 1. The number of nitrogens with zero attached hydrogens (tertiary/aromatic N) is 1. The number of ether oxygens (including phenoxy) is 1. The average Bonchev–Trinajstić information content (AvgIpc) is 2.73. The predicted molar refractivity (Wildman–Crippen MR) is 85.5 cm³/mol. The minimum Gasteiger partial charge on any atom is -0.394 e. The van der Waals surface area contributed by atoms with Crippen LogP contribution in [0, 0.1) is 11.2 Å². The Bertz CT molecular complexity index is 757. The van der Waals surface area contributed by atoms with E-state index in [0.29, 0.717) is 0 Å². The van der Waals surface area contributed by atoms with Gasteiger partial charge in [-0.3, -0.25) is 14.3 Å². The molecule has 1 aliphatic rings. The molecule has 0 aliphatic carbocycles. The van der Waals surface area contributed by atoms with Crippen LogP contribution in [0.2, 0.25) is 0 Å². The number of nitrogens with one attached hydrogen (secondary N) is 1. The lowest BCUT2D eigenvalue weighted by molar-refractivity contribution is -0.0491. The number of aromatic nitrogens is 2. The summed E-state index contributed by atoms with van der Waals surface area (Å²) in [4.78, 5) is 25.8. The molecule has 0 aromatic carbocycles. The first-order valence-electron chi connectivity index (χ1n) is 6.79. The van der Waals surface area contributed by atoms with Crippen LogP contribution in [-0.4, -0.2) is 63.5 Å². The molecule has 0 amide bonds. The van der Waals surface area contributed by atoms with Crippen molar-refractivity contribution in [1.82, 2.24) is 9.55 Å². The molecule has 0 spiro atoms. The van der Waals surface area contributed by atoms with Crippen molar-refractivity contribution in [2.24, 2.45) is 0 Å². The lowest BCUT2D eigenvalue weighted by Gasteiger charge is -2.16. The van der Waals surface area contributed by atoms with E-state index in [-0.39, 0.29) is 5.56 Å². The van der Waals surface area contributed by atoms with E-state index in [0.717, 1.165) is 10.8 Å². The molecule has 3 N–H and O–H groups in total. The Balaban J connectivity index is 2.46. The molecule has 1 aliphatic heterocycles. The third-order valence-electron chi connectivity index (χ3n) is 3.21. The summed E-state index contributed by atoms with van der Waals surface area (Å²) in [6, 6.07) is 0. The van der Waals surface area contributed by atoms with Crippen LogP contribution in [-0.2, 0) is 4.74 Å². The normalized spacial score (nSPS) is 28.3. The van der Waals surface area contributed by atoms with Crippen molar-refractivity contribution in [2.45, 2.75) is 24.6 Å². The van der Waals surface area contributed by atoms with Crippen molar-refractivity contribution in [3.8, 4) is 11.2 Å². The Morgan fingerprint density at radius 3 is 2.61 bits per heavy atom. The Labute approximate surface area is 133 Å². The van der Waals surface area contributed by atoms with Gasteiger partial charge in [0.2, 0.25) is 0 Å². The van der Waals surface area contributed by atoms with Crippen LogP contribution in [0.1, 0.15) is 11.8 Å². The maximum Gasteiger partial charge on any atom is 0.330 e. The van der Waals surface area contributed by atoms with Crippen molar-refractivity contribution in [1.29, 1.82) is 0 Å². The van der Waals surface area contributed by atoms with E-state index in [1.165, 1.54) is 0 Å². The van der Waals surface area contributed by atoms with Crippen LogP contribution in [0.4, 0.5) is 4.39 Å².